The maximum Gasteiger partial charge on any atom is -0.00201 e. The summed E-state index contributed by atoms with van der Waals surface area (Å²) in [5.41, 5.74) is 26.5. The maximum absolute atomic E-state index is 2.46. The molecular formula is C148H120. The first kappa shape index (κ1) is 93.4. The van der Waals surface area contributed by atoms with Crippen LogP contribution in [0.15, 0.2) is 510 Å². The van der Waals surface area contributed by atoms with Crippen LogP contribution < -0.4 is 0 Å². The second-order valence-electron chi connectivity index (χ2n) is 41.3. The van der Waals surface area contributed by atoms with Crippen molar-refractivity contribution < 1.29 is 0 Å². The molecule has 0 amide bonds. The highest BCUT2D eigenvalue weighted by atomic mass is 14.3. The molecule has 0 radical (unpaired) electrons. The van der Waals surface area contributed by atoms with Crippen molar-refractivity contribution in [2.24, 2.45) is 0 Å². The maximum atomic E-state index is 2.46. The van der Waals surface area contributed by atoms with Gasteiger partial charge in [-0.2, -0.15) is 0 Å². The predicted octanol–water partition coefficient (Wildman–Crippen LogP) is 42.8. The zero-order chi connectivity index (χ0) is 99.7. The molecule has 26 aromatic carbocycles. The van der Waals surface area contributed by atoms with Gasteiger partial charge in [0.15, 0.2) is 0 Å². The average molecular weight is 1900 g/mol. The lowest BCUT2D eigenvalue weighted by atomic mass is 9.80. The van der Waals surface area contributed by atoms with Crippen LogP contribution in [0.5, 0.6) is 0 Å². The van der Waals surface area contributed by atoms with Gasteiger partial charge in [0.05, 0.1) is 0 Å². The fraction of sp³-hybridized carbons (Fsp3) is 0.122. The van der Waals surface area contributed by atoms with Gasteiger partial charge in [0.2, 0.25) is 0 Å². The lowest BCUT2D eigenvalue weighted by Gasteiger charge is -2.24. The molecule has 0 spiro atoms. The predicted molar refractivity (Wildman–Crippen MR) is 642 cm³/mol. The Labute approximate surface area is 870 Å². The molecule has 0 aromatic heterocycles. The number of fused-ring (bicyclic) bond motifs is 14. The largest absolute Gasteiger partial charge is 0.0648 e. The third kappa shape index (κ3) is 18.1. The zero-order valence-electron chi connectivity index (χ0n) is 85.2. The molecule has 0 nitrogen and oxygen atoms in total. The SMILES string of the molecule is CCC(CC(C)c1ccccc1)c1ccc(-c2c3ccccc3c(-c3ccc4ccc5cc6ccccc6cc5c4c3)c3ccc(-c4ccc5ccccc5c4)cc23)cc1.CCC(CC(C)c1ccccc1)c1ccc(-c2c3ccccc3c(-c3ccc4ccccc4c3)c3ccccc23)c2ccccc12.CCC(CC(C)c1ccccc1)c1ccc(-c2c3ccccc3c(-c3ccc4ccccc4c3)c3ccccc23)cc1. The molecule has 0 saturated heterocycles. The number of hydrogen-bond acceptors (Lipinski definition) is 0. The molecule has 712 valence electrons. The third-order valence-electron chi connectivity index (χ3n) is 32.5. The summed E-state index contributed by atoms with van der Waals surface area (Å²) >= 11 is 0. The molecule has 26 aromatic rings. The van der Waals surface area contributed by atoms with Crippen molar-refractivity contribution >= 4 is 140 Å². The summed E-state index contributed by atoms with van der Waals surface area (Å²) < 4.78 is 0. The van der Waals surface area contributed by atoms with Gasteiger partial charge in [0.25, 0.3) is 0 Å². The van der Waals surface area contributed by atoms with Gasteiger partial charge < -0.3 is 0 Å². The summed E-state index contributed by atoms with van der Waals surface area (Å²) in [5.74, 6) is 3.05. The molecule has 0 bridgehead atoms. The highest BCUT2D eigenvalue weighted by Gasteiger charge is 2.27. The van der Waals surface area contributed by atoms with Gasteiger partial charge in [-0.15, -0.1) is 0 Å². The van der Waals surface area contributed by atoms with Crippen molar-refractivity contribution in [3.05, 3.63) is 543 Å². The van der Waals surface area contributed by atoms with E-state index in [4.69, 9.17) is 0 Å². The van der Waals surface area contributed by atoms with Crippen molar-refractivity contribution in [1.29, 1.82) is 0 Å². The number of rotatable bonds is 22. The van der Waals surface area contributed by atoms with Crippen molar-refractivity contribution in [2.75, 3.05) is 0 Å². The summed E-state index contributed by atoms with van der Waals surface area (Å²) in [6, 6.07) is 190. The summed E-state index contributed by atoms with van der Waals surface area (Å²) in [4.78, 5) is 0. The van der Waals surface area contributed by atoms with E-state index in [0.717, 1.165) is 38.5 Å². The van der Waals surface area contributed by atoms with Crippen LogP contribution in [0, 0.1) is 0 Å². The van der Waals surface area contributed by atoms with Crippen LogP contribution in [0.3, 0.4) is 0 Å². The molecule has 0 N–H and O–H groups in total. The van der Waals surface area contributed by atoms with E-state index in [0.29, 0.717) is 35.5 Å². The molecule has 148 heavy (non-hydrogen) atoms. The van der Waals surface area contributed by atoms with Crippen molar-refractivity contribution in [2.45, 2.75) is 116 Å². The van der Waals surface area contributed by atoms with Gasteiger partial charge in [-0.1, -0.05) is 509 Å². The van der Waals surface area contributed by atoms with Gasteiger partial charge in [-0.05, 0) is 368 Å². The van der Waals surface area contributed by atoms with E-state index in [9.17, 15) is 0 Å². The van der Waals surface area contributed by atoms with E-state index in [2.05, 4.69) is 551 Å². The normalized spacial score (nSPS) is 12.9. The summed E-state index contributed by atoms with van der Waals surface area (Å²) in [6.45, 7) is 14.1. The van der Waals surface area contributed by atoms with Crippen LogP contribution in [-0.2, 0) is 0 Å². The van der Waals surface area contributed by atoms with Gasteiger partial charge in [0.1, 0.15) is 0 Å². The van der Waals surface area contributed by atoms with Gasteiger partial charge in [-0.3, -0.25) is 0 Å². The fourth-order valence-electron chi connectivity index (χ4n) is 24.8. The van der Waals surface area contributed by atoms with E-state index < -0.39 is 0 Å². The van der Waals surface area contributed by atoms with E-state index >= 15 is 0 Å². The van der Waals surface area contributed by atoms with E-state index in [1.807, 2.05) is 0 Å². The Hall–Kier alpha value is -16.9. The topological polar surface area (TPSA) is 0 Å². The Morgan fingerprint density at radius 2 is 0.399 bits per heavy atom. The van der Waals surface area contributed by atoms with Crippen LogP contribution in [0.1, 0.15) is 149 Å². The van der Waals surface area contributed by atoms with E-state index in [-0.39, 0.29) is 0 Å². The second kappa shape index (κ2) is 41.3. The smallest absolute Gasteiger partial charge is 0.00201 e. The lowest BCUT2D eigenvalue weighted by molar-refractivity contribution is 0.544. The molecule has 26 rings (SSSR count). The number of benzene rings is 26. The molecule has 0 heteroatoms. The molecule has 0 aliphatic carbocycles. The van der Waals surface area contributed by atoms with Crippen molar-refractivity contribution in [1.82, 2.24) is 0 Å². The summed E-state index contributed by atoms with van der Waals surface area (Å²) in [7, 11) is 0. The lowest BCUT2D eigenvalue weighted by Crippen LogP contribution is -2.05. The van der Waals surface area contributed by atoms with E-state index in [1.165, 1.54) is 251 Å². The Morgan fingerprint density at radius 3 is 0.804 bits per heavy atom. The minimum Gasteiger partial charge on any atom is -0.0648 e. The van der Waals surface area contributed by atoms with Gasteiger partial charge >= 0.3 is 0 Å². The molecule has 6 unspecified atom stereocenters. The monoisotopic (exact) mass is 1900 g/mol. The Morgan fingerprint density at radius 1 is 0.142 bits per heavy atom. The second-order valence-corrected chi connectivity index (χ2v) is 41.3. The third-order valence-corrected chi connectivity index (χ3v) is 32.5. The minimum atomic E-state index is 0.484. The summed E-state index contributed by atoms with van der Waals surface area (Å²) in [5, 5.41) is 33.4. The minimum absolute atomic E-state index is 0.484. The molecular weight excluding hydrogens is 1780 g/mol. The molecule has 0 heterocycles. The average Bonchev–Trinajstić information content (AvgIpc) is 0.732. The van der Waals surface area contributed by atoms with Crippen molar-refractivity contribution in [3.8, 4) is 77.9 Å². The molecule has 0 saturated carbocycles. The molecule has 6 atom stereocenters. The quantitative estimate of drug-likeness (QED) is 0.0469. The first-order valence-electron chi connectivity index (χ1n) is 53.6. The standard InChI is InChI=1S/C60H46.C46H38.C42H36/c1-3-40(33-39(2)41-13-5-4-6-14-41)43-21-26-45(27-22-43)59-53-19-11-12-20-54(53)60(55-32-31-50(37-58(55)59)49-28-23-42-15-7-8-16-46(42)34-49)52-30-25-44-24-29-51-35-47-17-9-10-18-48(47)36-57(51)56(44)38-52;1-3-32(29-31(2)33-15-5-4-6-16-33)37-27-28-44(39-20-10-9-19-38(37)39)46-42-23-13-11-21-40(42)45(41-22-12-14-24-43(41)46)36-26-25-34-17-7-8-18-35(34)30-36;1-3-30(27-29(2)31-13-5-4-6-14-31)33-21-24-34(25-22-33)41-37-17-9-11-19-39(37)42(40-20-12-10-18-38(40)41)36-26-23-32-15-7-8-16-35(32)28-36/h4-32,34-40H,3,33H2,1-2H3;4-28,30-32H,3,29H2,1-2H3;4-26,28-30H,3,27H2,1-2H3. The van der Waals surface area contributed by atoms with Crippen LogP contribution in [0.4, 0.5) is 0 Å². The first-order valence-corrected chi connectivity index (χ1v) is 53.6. The molecule has 0 aliphatic heterocycles. The summed E-state index contributed by atoms with van der Waals surface area (Å²) in [6.07, 6.45) is 6.80. The first-order chi connectivity index (χ1) is 73.0. The van der Waals surface area contributed by atoms with Crippen LogP contribution in [0.2, 0.25) is 0 Å². The van der Waals surface area contributed by atoms with Crippen LogP contribution in [0.25, 0.3) is 218 Å². The van der Waals surface area contributed by atoms with Gasteiger partial charge in [0, 0.05) is 0 Å². The van der Waals surface area contributed by atoms with E-state index in [1.54, 1.807) is 0 Å². The Balaban J connectivity index is 0.000000121. The zero-order valence-corrected chi connectivity index (χ0v) is 85.2. The Bertz CT molecular complexity index is 9320. The van der Waals surface area contributed by atoms with Crippen molar-refractivity contribution in [3.63, 3.8) is 0 Å². The van der Waals surface area contributed by atoms with Crippen LogP contribution in [-0.4, -0.2) is 0 Å². The van der Waals surface area contributed by atoms with Crippen LogP contribution >= 0.6 is 0 Å². The highest BCUT2D eigenvalue weighted by Crippen LogP contribution is 2.52. The number of hydrogen-bond donors (Lipinski definition) is 0. The van der Waals surface area contributed by atoms with Gasteiger partial charge in [-0.25, -0.2) is 0 Å². The fourth-order valence-corrected chi connectivity index (χ4v) is 24.8. The Kier molecular flexibility index (Phi) is 26.1. The highest BCUT2D eigenvalue weighted by molar-refractivity contribution is 6.27. The molecule has 0 aliphatic rings. The molecule has 0 fully saturated rings.